The minimum absolute atomic E-state index is 0.417. The van der Waals surface area contributed by atoms with E-state index in [4.69, 9.17) is 16.1 Å². The molecular weight excluding hydrogens is 260 g/mol. The number of hydrogen-bond acceptors (Lipinski definition) is 3. The van der Waals surface area contributed by atoms with E-state index < -0.39 is 0 Å². The lowest BCUT2D eigenvalue weighted by atomic mass is 10.1. The smallest absolute Gasteiger partial charge is 0.167 e. The highest BCUT2D eigenvalue weighted by atomic mass is 35.5. The lowest BCUT2D eigenvalue weighted by Gasteiger charge is -2.19. The highest BCUT2D eigenvalue weighted by molar-refractivity contribution is 6.30. The van der Waals surface area contributed by atoms with E-state index in [1.165, 1.54) is 12.8 Å². The fourth-order valence-electron chi connectivity index (χ4n) is 3.22. The van der Waals surface area contributed by atoms with E-state index in [-0.39, 0.29) is 0 Å². The van der Waals surface area contributed by atoms with Crippen LogP contribution in [0.1, 0.15) is 24.6 Å². The zero-order chi connectivity index (χ0) is 13.0. The summed E-state index contributed by atoms with van der Waals surface area (Å²) in [5.41, 5.74) is 2.03. The van der Waals surface area contributed by atoms with Crippen molar-refractivity contribution in [3.8, 4) is 11.3 Å². The first-order chi connectivity index (χ1) is 9.22. The van der Waals surface area contributed by atoms with Crippen molar-refractivity contribution >= 4 is 11.6 Å². The molecule has 0 spiro atoms. The molecule has 0 N–H and O–H groups in total. The van der Waals surface area contributed by atoms with Crippen LogP contribution < -0.4 is 0 Å². The predicted molar refractivity (Wildman–Crippen MR) is 74.0 cm³/mol. The van der Waals surface area contributed by atoms with Gasteiger partial charge in [-0.05, 0) is 37.9 Å². The lowest BCUT2D eigenvalue weighted by Crippen LogP contribution is -2.21. The van der Waals surface area contributed by atoms with E-state index in [1.807, 2.05) is 24.3 Å². The van der Waals surface area contributed by atoms with Gasteiger partial charge in [-0.25, -0.2) is 0 Å². The van der Waals surface area contributed by atoms with Crippen LogP contribution in [0.2, 0.25) is 5.02 Å². The van der Waals surface area contributed by atoms with Gasteiger partial charge in [0.05, 0.1) is 6.04 Å². The lowest BCUT2D eigenvalue weighted by molar-refractivity contribution is 0.259. The van der Waals surface area contributed by atoms with Crippen molar-refractivity contribution in [3.63, 3.8) is 0 Å². The van der Waals surface area contributed by atoms with E-state index in [1.54, 1.807) is 0 Å². The number of nitrogens with zero attached hydrogens (tertiary/aromatic N) is 2. The topological polar surface area (TPSA) is 29.3 Å². The number of aromatic nitrogens is 1. The quantitative estimate of drug-likeness (QED) is 0.835. The molecule has 1 aliphatic heterocycles. The molecule has 4 heteroatoms. The first-order valence-electron chi connectivity index (χ1n) is 6.67. The molecule has 2 heterocycles. The maximum atomic E-state index is 6.01. The molecular formula is C15H15ClN2O. The van der Waals surface area contributed by atoms with Gasteiger partial charge in [0.25, 0.3) is 0 Å². The summed E-state index contributed by atoms with van der Waals surface area (Å²) in [5.74, 6) is 1.67. The van der Waals surface area contributed by atoms with Crippen LogP contribution >= 0.6 is 11.6 Å². The van der Waals surface area contributed by atoms with E-state index in [9.17, 15) is 0 Å². The Morgan fingerprint density at radius 1 is 1.32 bits per heavy atom. The molecule has 1 aliphatic carbocycles. The molecule has 2 aromatic rings. The molecule has 3 atom stereocenters. The van der Waals surface area contributed by atoms with Gasteiger partial charge in [-0.3, -0.25) is 4.90 Å². The number of likely N-dealkylation sites (tertiary alicyclic amines) is 1. The van der Waals surface area contributed by atoms with Gasteiger partial charge in [-0.2, -0.15) is 0 Å². The highest BCUT2D eigenvalue weighted by Gasteiger charge is 2.51. The van der Waals surface area contributed by atoms with Crippen molar-refractivity contribution in [1.82, 2.24) is 10.1 Å². The summed E-state index contributed by atoms with van der Waals surface area (Å²) in [6.07, 6.45) is 2.56. The van der Waals surface area contributed by atoms with Crippen LogP contribution in [0, 0.1) is 5.92 Å². The summed E-state index contributed by atoms with van der Waals surface area (Å²) in [4.78, 5) is 2.43. The Hall–Kier alpha value is -1.32. The van der Waals surface area contributed by atoms with Gasteiger partial charge in [0.15, 0.2) is 5.76 Å². The third-order valence-corrected chi connectivity index (χ3v) is 4.64. The highest BCUT2D eigenvalue weighted by Crippen LogP contribution is 2.52. The molecule has 2 fully saturated rings. The first-order valence-corrected chi connectivity index (χ1v) is 7.04. The van der Waals surface area contributed by atoms with Crippen molar-refractivity contribution in [1.29, 1.82) is 0 Å². The average Bonchev–Trinajstić information content (AvgIpc) is 2.87. The average molecular weight is 275 g/mol. The van der Waals surface area contributed by atoms with Gasteiger partial charge in [0, 0.05) is 22.7 Å². The second-order valence-electron chi connectivity index (χ2n) is 5.61. The molecule has 0 radical (unpaired) electrons. The Balaban J connectivity index is 1.63. The Labute approximate surface area is 117 Å². The summed E-state index contributed by atoms with van der Waals surface area (Å²) in [7, 11) is 2.19. The summed E-state index contributed by atoms with van der Waals surface area (Å²) >= 11 is 6.01. The van der Waals surface area contributed by atoms with E-state index in [0.29, 0.717) is 6.04 Å². The summed E-state index contributed by atoms with van der Waals surface area (Å²) in [6, 6.07) is 10.9. The van der Waals surface area contributed by atoms with Crippen molar-refractivity contribution in [2.75, 3.05) is 7.05 Å². The van der Waals surface area contributed by atoms with Crippen LogP contribution in [0.25, 0.3) is 11.3 Å². The molecule has 1 aromatic carbocycles. The van der Waals surface area contributed by atoms with Crippen LogP contribution in [0.3, 0.4) is 0 Å². The Morgan fingerprint density at radius 3 is 2.95 bits per heavy atom. The molecule has 19 heavy (non-hydrogen) atoms. The Morgan fingerprint density at radius 2 is 2.21 bits per heavy atom. The van der Waals surface area contributed by atoms with Crippen molar-refractivity contribution in [3.05, 3.63) is 41.0 Å². The molecule has 98 valence electrons. The van der Waals surface area contributed by atoms with Crippen LogP contribution in [0.5, 0.6) is 0 Å². The summed E-state index contributed by atoms with van der Waals surface area (Å²) in [5, 5.41) is 4.97. The minimum Gasteiger partial charge on any atom is -0.356 e. The fraction of sp³-hybridized carbons (Fsp3) is 0.400. The normalized spacial score (nSPS) is 29.5. The predicted octanol–water partition coefficient (Wildman–Crippen LogP) is 3.76. The van der Waals surface area contributed by atoms with Gasteiger partial charge in [0.2, 0.25) is 0 Å². The van der Waals surface area contributed by atoms with Crippen molar-refractivity contribution in [2.24, 2.45) is 5.92 Å². The van der Waals surface area contributed by atoms with E-state index >= 15 is 0 Å². The van der Waals surface area contributed by atoms with Crippen LogP contribution in [-0.4, -0.2) is 23.1 Å². The molecule has 3 nitrogen and oxygen atoms in total. The fourth-order valence-corrected chi connectivity index (χ4v) is 3.41. The monoisotopic (exact) mass is 274 g/mol. The maximum Gasteiger partial charge on any atom is 0.167 e. The summed E-state index contributed by atoms with van der Waals surface area (Å²) < 4.78 is 5.48. The minimum atomic E-state index is 0.417. The number of rotatable bonds is 2. The molecule has 0 bridgehead atoms. The molecule has 2 aliphatic rings. The zero-order valence-corrected chi connectivity index (χ0v) is 11.5. The van der Waals surface area contributed by atoms with Crippen LogP contribution in [-0.2, 0) is 0 Å². The summed E-state index contributed by atoms with van der Waals surface area (Å²) in [6.45, 7) is 0. The Bertz CT molecular complexity index is 624. The zero-order valence-electron chi connectivity index (χ0n) is 10.7. The SMILES string of the molecule is CN1[C@@H](c2cc(-c3cccc(Cl)c3)on2)C[C@H]2C[C@H]21. The van der Waals surface area contributed by atoms with Gasteiger partial charge >= 0.3 is 0 Å². The third-order valence-electron chi connectivity index (χ3n) is 4.40. The van der Waals surface area contributed by atoms with E-state index in [0.717, 1.165) is 34.0 Å². The number of fused-ring (bicyclic) bond motifs is 1. The number of hydrogen-bond donors (Lipinski definition) is 0. The number of halogens is 1. The van der Waals surface area contributed by atoms with Crippen molar-refractivity contribution in [2.45, 2.75) is 24.9 Å². The Kier molecular flexibility index (Phi) is 2.47. The third kappa shape index (κ3) is 1.88. The molecule has 1 saturated heterocycles. The van der Waals surface area contributed by atoms with Gasteiger partial charge in [-0.1, -0.05) is 28.9 Å². The molecule has 1 saturated carbocycles. The molecule has 0 unspecified atom stereocenters. The second kappa shape index (κ2) is 4.09. The molecule has 1 aromatic heterocycles. The second-order valence-corrected chi connectivity index (χ2v) is 6.04. The molecule has 4 rings (SSSR count). The van der Waals surface area contributed by atoms with Gasteiger partial charge in [0.1, 0.15) is 5.69 Å². The van der Waals surface area contributed by atoms with Crippen LogP contribution in [0.15, 0.2) is 34.9 Å². The maximum absolute atomic E-state index is 6.01. The molecule has 0 amide bonds. The number of benzene rings is 1. The van der Waals surface area contributed by atoms with Gasteiger partial charge in [-0.15, -0.1) is 0 Å². The standard InChI is InChI=1S/C15H15ClN2O/c1-18-13-6-10(13)7-14(18)12-8-15(19-17-12)9-3-2-4-11(16)5-9/h2-5,8,10,13-14H,6-7H2,1H3/t10-,13-,14-/m1/s1. The first kappa shape index (κ1) is 11.5. The van der Waals surface area contributed by atoms with Crippen molar-refractivity contribution < 1.29 is 4.52 Å². The largest absolute Gasteiger partial charge is 0.356 e. The van der Waals surface area contributed by atoms with Crippen LogP contribution in [0.4, 0.5) is 0 Å². The van der Waals surface area contributed by atoms with Gasteiger partial charge < -0.3 is 4.52 Å². The number of piperidine rings is 1. The van der Waals surface area contributed by atoms with E-state index in [2.05, 4.69) is 23.2 Å².